The van der Waals surface area contributed by atoms with E-state index in [4.69, 9.17) is 0 Å². The summed E-state index contributed by atoms with van der Waals surface area (Å²) in [6.07, 6.45) is 3.86. The highest BCUT2D eigenvalue weighted by Gasteiger charge is 2.25. The van der Waals surface area contributed by atoms with E-state index < -0.39 is 0 Å². The second-order valence-electron chi connectivity index (χ2n) is 5.66. The number of nitrogens with zero attached hydrogens (tertiary/aromatic N) is 1. The van der Waals surface area contributed by atoms with Gasteiger partial charge in [-0.05, 0) is 43.4 Å². The van der Waals surface area contributed by atoms with Gasteiger partial charge < -0.3 is 10.4 Å². The van der Waals surface area contributed by atoms with Gasteiger partial charge in [0, 0.05) is 11.7 Å². The smallest absolute Gasteiger partial charge is 0.238 e. The van der Waals surface area contributed by atoms with Crippen molar-refractivity contribution in [2.75, 3.05) is 25.0 Å². The van der Waals surface area contributed by atoms with Gasteiger partial charge in [-0.2, -0.15) is 0 Å². The van der Waals surface area contributed by atoms with Gasteiger partial charge >= 0.3 is 0 Å². The van der Waals surface area contributed by atoms with Gasteiger partial charge in [-0.15, -0.1) is 0 Å². The number of aliphatic hydroxyl groups excluding tert-OH is 1. The minimum absolute atomic E-state index is 0.0194. The molecular formula is C17H26N2O2. The Morgan fingerprint density at radius 3 is 2.57 bits per heavy atom. The molecule has 1 atom stereocenters. The molecule has 0 bridgehead atoms. The van der Waals surface area contributed by atoms with Crippen molar-refractivity contribution in [1.29, 1.82) is 0 Å². The van der Waals surface area contributed by atoms with Crippen LogP contribution in [0, 0.1) is 0 Å². The Morgan fingerprint density at radius 2 is 2.00 bits per heavy atom. The van der Waals surface area contributed by atoms with Crippen LogP contribution < -0.4 is 5.32 Å². The lowest BCUT2D eigenvalue weighted by Gasteiger charge is -2.22. The first-order chi connectivity index (χ1) is 10.2. The molecule has 1 heterocycles. The monoisotopic (exact) mass is 290 g/mol. The van der Waals surface area contributed by atoms with E-state index in [0.717, 1.165) is 37.9 Å². The standard InChI is InChI=1S/C17H26N2O2/c1-3-13-7-5-8-14(4-2)17(13)18-16(21)11-19-10-6-9-15(19)12-20/h5,7-8,15,20H,3-4,6,9-12H2,1-2H3,(H,18,21)/t15-/m1/s1. The van der Waals surface area contributed by atoms with E-state index in [1.165, 1.54) is 11.1 Å². The molecule has 21 heavy (non-hydrogen) atoms. The average Bonchev–Trinajstić information content (AvgIpc) is 2.94. The fourth-order valence-corrected chi connectivity index (χ4v) is 3.08. The number of benzene rings is 1. The predicted molar refractivity (Wildman–Crippen MR) is 85.5 cm³/mol. The van der Waals surface area contributed by atoms with Crippen LogP contribution in [0.4, 0.5) is 5.69 Å². The van der Waals surface area contributed by atoms with Crippen molar-refractivity contribution in [2.45, 2.75) is 45.6 Å². The van der Waals surface area contributed by atoms with Crippen molar-refractivity contribution >= 4 is 11.6 Å². The maximum atomic E-state index is 12.3. The lowest BCUT2D eigenvalue weighted by molar-refractivity contribution is -0.117. The molecule has 0 spiro atoms. The fraction of sp³-hybridized carbons (Fsp3) is 0.588. The molecule has 1 aromatic carbocycles. The number of anilines is 1. The van der Waals surface area contributed by atoms with Crippen molar-refractivity contribution in [1.82, 2.24) is 4.90 Å². The molecule has 1 amide bonds. The van der Waals surface area contributed by atoms with Gasteiger partial charge in [0.05, 0.1) is 13.2 Å². The van der Waals surface area contributed by atoms with Crippen LogP contribution in [0.5, 0.6) is 0 Å². The molecule has 1 aliphatic rings. The van der Waals surface area contributed by atoms with E-state index in [0.29, 0.717) is 6.54 Å². The van der Waals surface area contributed by atoms with E-state index in [-0.39, 0.29) is 18.6 Å². The van der Waals surface area contributed by atoms with Gasteiger partial charge in [0.25, 0.3) is 0 Å². The number of para-hydroxylation sites is 1. The maximum absolute atomic E-state index is 12.3. The van der Waals surface area contributed by atoms with Crippen molar-refractivity contribution in [3.05, 3.63) is 29.3 Å². The topological polar surface area (TPSA) is 52.6 Å². The highest BCUT2D eigenvalue weighted by atomic mass is 16.3. The molecule has 4 heteroatoms. The Labute approximate surface area is 127 Å². The maximum Gasteiger partial charge on any atom is 0.238 e. The zero-order chi connectivity index (χ0) is 15.2. The molecule has 0 aromatic heterocycles. The summed E-state index contributed by atoms with van der Waals surface area (Å²) in [6.45, 7) is 5.61. The summed E-state index contributed by atoms with van der Waals surface area (Å²) in [4.78, 5) is 14.4. The summed E-state index contributed by atoms with van der Waals surface area (Å²) in [5.74, 6) is 0.0194. The Kier molecular flexibility index (Phi) is 5.76. The van der Waals surface area contributed by atoms with Crippen LogP contribution >= 0.6 is 0 Å². The number of aliphatic hydroxyl groups is 1. The van der Waals surface area contributed by atoms with Gasteiger partial charge in [-0.3, -0.25) is 9.69 Å². The highest BCUT2D eigenvalue weighted by Crippen LogP contribution is 2.23. The van der Waals surface area contributed by atoms with Crippen LogP contribution in [0.1, 0.15) is 37.8 Å². The Hall–Kier alpha value is -1.39. The molecular weight excluding hydrogens is 264 g/mol. The zero-order valence-corrected chi connectivity index (χ0v) is 13.1. The number of nitrogens with one attached hydrogen (secondary N) is 1. The summed E-state index contributed by atoms with van der Waals surface area (Å²) in [7, 11) is 0. The quantitative estimate of drug-likeness (QED) is 0.844. The molecule has 0 saturated carbocycles. The van der Waals surface area contributed by atoms with Crippen LogP contribution in [0.15, 0.2) is 18.2 Å². The highest BCUT2D eigenvalue weighted by molar-refractivity contribution is 5.93. The molecule has 1 aliphatic heterocycles. The number of carbonyl (C=O) groups is 1. The van der Waals surface area contributed by atoms with Gasteiger partial charge in [0.15, 0.2) is 0 Å². The molecule has 2 rings (SSSR count). The second-order valence-corrected chi connectivity index (χ2v) is 5.66. The Balaban J connectivity index is 2.05. The van der Waals surface area contributed by atoms with Crippen LogP contribution in [0.3, 0.4) is 0 Å². The minimum Gasteiger partial charge on any atom is -0.395 e. The molecule has 1 aromatic rings. The minimum atomic E-state index is 0.0194. The molecule has 1 saturated heterocycles. The molecule has 0 aliphatic carbocycles. The van der Waals surface area contributed by atoms with Crippen molar-refractivity contribution in [3.8, 4) is 0 Å². The van der Waals surface area contributed by atoms with Crippen molar-refractivity contribution in [2.24, 2.45) is 0 Å². The lowest BCUT2D eigenvalue weighted by Crippen LogP contribution is -2.38. The molecule has 116 valence electrons. The van der Waals surface area contributed by atoms with Crippen LogP contribution in [-0.4, -0.2) is 41.7 Å². The second kappa shape index (κ2) is 7.57. The number of carbonyl (C=O) groups excluding carboxylic acids is 1. The van der Waals surface area contributed by atoms with Crippen LogP contribution in [0.25, 0.3) is 0 Å². The fourth-order valence-electron chi connectivity index (χ4n) is 3.08. The summed E-state index contributed by atoms with van der Waals surface area (Å²) in [6, 6.07) is 6.33. The van der Waals surface area contributed by atoms with E-state index >= 15 is 0 Å². The summed E-state index contributed by atoms with van der Waals surface area (Å²) >= 11 is 0. The van der Waals surface area contributed by atoms with E-state index in [2.05, 4.69) is 42.3 Å². The summed E-state index contributed by atoms with van der Waals surface area (Å²) < 4.78 is 0. The molecule has 1 fully saturated rings. The normalized spacial score (nSPS) is 18.9. The van der Waals surface area contributed by atoms with Crippen molar-refractivity contribution in [3.63, 3.8) is 0 Å². The van der Waals surface area contributed by atoms with Gasteiger partial charge in [-0.25, -0.2) is 0 Å². The van der Waals surface area contributed by atoms with Gasteiger partial charge in [0.2, 0.25) is 5.91 Å². The number of likely N-dealkylation sites (tertiary alicyclic amines) is 1. The zero-order valence-electron chi connectivity index (χ0n) is 13.1. The molecule has 4 nitrogen and oxygen atoms in total. The van der Waals surface area contributed by atoms with Crippen molar-refractivity contribution < 1.29 is 9.90 Å². The number of hydrogen-bond donors (Lipinski definition) is 2. The Bertz CT molecular complexity index is 465. The van der Waals surface area contributed by atoms with E-state index in [1.54, 1.807) is 0 Å². The van der Waals surface area contributed by atoms with E-state index in [1.807, 2.05) is 0 Å². The first-order valence-corrected chi connectivity index (χ1v) is 7.95. The number of hydrogen-bond acceptors (Lipinski definition) is 3. The Morgan fingerprint density at radius 1 is 1.33 bits per heavy atom. The summed E-state index contributed by atoms with van der Waals surface area (Å²) in [5, 5.41) is 12.4. The van der Waals surface area contributed by atoms with E-state index in [9.17, 15) is 9.90 Å². The number of rotatable bonds is 6. The van der Waals surface area contributed by atoms with Gasteiger partial charge in [-0.1, -0.05) is 32.0 Å². The molecule has 2 N–H and O–H groups in total. The first-order valence-electron chi connectivity index (χ1n) is 7.95. The third-order valence-corrected chi connectivity index (χ3v) is 4.32. The molecule has 0 unspecified atom stereocenters. The lowest BCUT2D eigenvalue weighted by atomic mass is 10.0. The van der Waals surface area contributed by atoms with Crippen LogP contribution in [0.2, 0.25) is 0 Å². The third kappa shape index (κ3) is 3.83. The SMILES string of the molecule is CCc1cccc(CC)c1NC(=O)CN1CCC[C@@H]1CO. The number of amides is 1. The average molecular weight is 290 g/mol. The largest absolute Gasteiger partial charge is 0.395 e. The van der Waals surface area contributed by atoms with Gasteiger partial charge in [0.1, 0.15) is 0 Å². The number of aryl methyl sites for hydroxylation is 2. The predicted octanol–water partition coefficient (Wildman–Crippen LogP) is 2.21. The third-order valence-electron chi connectivity index (χ3n) is 4.32. The summed E-state index contributed by atoms with van der Waals surface area (Å²) in [5.41, 5.74) is 3.35. The van der Waals surface area contributed by atoms with Crippen LogP contribution in [-0.2, 0) is 17.6 Å². The molecule has 0 radical (unpaired) electrons. The first kappa shape index (κ1) is 16.0.